The SMILES string of the molecule is CN(Cc1cc2c(cc1OC(F)F)OCO2)C(=O)C(C)(C)N. The van der Waals surface area contributed by atoms with Crippen molar-refractivity contribution in [1.29, 1.82) is 0 Å². The summed E-state index contributed by atoms with van der Waals surface area (Å²) in [7, 11) is 1.54. The summed E-state index contributed by atoms with van der Waals surface area (Å²) < 4.78 is 39.9. The molecular formula is C14H18F2N2O4. The highest BCUT2D eigenvalue weighted by Gasteiger charge is 2.27. The van der Waals surface area contributed by atoms with Gasteiger partial charge in [0.1, 0.15) is 5.75 Å². The van der Waals surface area contributed by atoms with Gasteiger partial charge in [-0.3, -0.25) is 4.79 Å². The van der Waals surface area contributed by atoms with Gasteiger partial charge < -0.3 is 24.8 Å². The van der Waals surface area contributed by atoms with Crippen molar-refractivity contribution in [2.24, 2.45) is 5.73 Å². The molecule has 1 aromatic rings. The number of hydrogen-bond donors (Lipinski definition) is 1. The summed E-state index contributed by atoms with van der Waals surface area (Å²) in [4.78, 5) is 13.4. The molecule has 22 heavy (non-hydrogen) atoms. The monoisotopic (exact) mass is 316 g/mol. The molecule has 0 radical (unpaired) electrons. The first kappa shape index (κ1) is 16.3. The van der Waals surface area contributed by atoms with Crippen LogP contribution in [0.3, 0.4) is 0 Å². The topological polar surface area (TPSA) is 74.0 Å². The molecule has 0 aliphatic carbocycles. The molecule has 0 fully saturated rings. The zero-order chi connectivity index (χ0) is 16.5. The summed E-state index contributed by atoms with van der Waals surface area (Å²) in [5, 5.41) is 0. The number of alkyl halides is 2. The Morgan fingerprint density at radius 1 is 1.41 bits per heavy atom. The Morgan fingerprint density at radius 2 is 2.00 bits per heavy atom. The number of fused-ring (bicyclic) bond motifs is 1. The van der Waals surface area contributed by atoms with Crippen LogP contribution in [0, 0.1) is 0 Å². The lowest BCUT2D eigenvalue weighted by molar-refractivity contribution is -0.135. The van der Waals surface area contributed by atoms with Gasteiger partial charge in [-0.25, -0.2) is 0 Å². The van der Waals surface area contributed by atoms with Crippen LogP contribution in [0.4, 0.5) is 8.78 Å². The van der Waals surface area contributed by atoms with Gasteiger partial charge in [-0.2, -0.15) is 8.78 Å². The van der Waals surface area contributed by atoms with Gasteiger partial charge >= 0.3 is 6.61 Å². The molecule has 8 heteroatoms. The third kappa shape index (κ3) is 3.56. The number of nitrogens with two attached hydrogens (primary N) is 1. The minimum absolute atomic E-state index is 0.0114. The molecule has 1 aliphatic heterocycles. The van der Waals surface area contributed by atoms with E-state index in [2.05, 4.69) is 4.74 Å². The summed E-state index contributed by atoms with van der Waals surface area (Å²) in [6.45, 7) is 0.228. The number of nitrogens with zero attached hydrogens (tertiary/aromatic N) is 1. The fraction of sp³-hybridized carbons (Fsp3) is 0.500. The molecular weight excluding hydrogens is 298 g/mol. The van der Waals surface area contributed by atoms with Crippen LogP contribution in [0.1, 0.15) is 19.4 Å². The van der Waals surface area contributed by atoms with Gasteiger partial charge in [-0.05, 0) is 19.9 Å². The fourth-order valence-corrected chi connectivity index (χ4v) is 2.11. The predicted molar refractivity (Wildman–Crippen MR) is 73.9 cm³/mol. The summed E-state index contributed by atoms with van der Waals surface area (Å²) in [6.07, 6.45) is 0. The zero-order valence-corrected chi connectivity index (χ0v) is 12.6. The van der Waals surface area contributed by atoms with E-state index in [-0.39, 0.29) is 25.0 Å². The largest absolute Gasteiger partial charge is 0.454 e. The Hall–Kier alpha value is -2.09. The van der Waals surface area contributed by atoms with Crippen LogP contribution in [0.2, 0.25) is 0 Å². The van der Waals surface area contributed by atoms with Gasteiger partial charge in [-0.1, -0.05) is 0 Å². The van der Waals surface area contributed by atoms with Gasteiger partial charge in [0.15, 0.2) is 11.5 Å². The predicted octanol–water partition coefficient (Wildman–Crippen LogP) is 1.71. The van der Waals surface area contributed by atoms with Gasteiger partial charge in [0.2, 0.25) is 12.7 Å². The second-order valence-corrected chi connectivity index (χ2v) is 5.57. The van der Waals surface area contributed by atoms with E-state index in [0.717, 1.165) is 0 Å². The van der Waals surface area contributed by atoms with Crippen molar-refractivity contribution in [3.63, 3.8) is 0 Å². The van der Waals surface area contributed by atoms with Crippen molar-refractivity contribution in [1.82, 2.24) is 4.90 Å². The van der Waals surface area contributed by atoms with Crippen molar-refractivity contribution >= 4 is 5.91 Å². The highest BCUT2D eigenvalue weighted by atomic mass is 19.3. The minimum Gasteiger partial charge on any atom is -0.454 e. The third-order valence-corrected chi connectivity index (χ3v) is 3.08. The van der Waals surface area contributed by atoms with E-state index in [1.807, 2.05) is 0 Å². The standard InChI is InChI=1S/C14H18F2N2O4/c1-14(2,17)12(19)18(3)6-8-4-10-11(21-7-20-10)5-9(8)22-13(15)16/h4-5,13H,6-7,17H2,1-3H3. The van der Waals surface area contributed by atoms with Crippen molar-refractivity contribution in [3.05, 3.63) is 17.7 Å². The highest BCUT2D eigenvalue weighted by Crippen LogP contribution is 2.39. The molecule has 0 bridgehead atoms. The normalized spacial score (nSPS) is 13.4. The first-order valence-electron chi connectivity index (χ1n) is 6.60. The van der Waals surface area contributed by atoms with E-state index in [9.17, 15) is 13.6 Å². The number of halogens is 2. The fourth-order valence-electron chi connectivity index (χ4n) is 2.11. The summed E-state index contributed by atoms with van der Waals surface area (Å²) in [5.41, 5.74) is 5.07. The second-order valence-electron chi connectivity index (χ2n) is 5.57. The summed E-state index contributed by atoms with van der Waals surface area (Å²) in [6, 6.07) is 2.85. The van der Waals surface area contributed by atoms with E-state index in [1.54, 1.807) is 13.8 Å². The van der Waals surface area contributed by atoms with Crippen LogP contribution in [0.15, 0.2) is 12.1 Å². The summed E-state index contributed by atoms with van der Waals surface area (Å²) >= 11 is 0. The second kappa shape index (κ2) is 5.96. The van der Waals surface area contributed by atoms with E-state index in [1.165, 1.54) is 24.1 Å². The van der Waals surface area contributed by atoms with Gasteiger partial charge in [-0.15, -0.1) is 0 Å². The van der Waals surface area contributed by atoms with Gasteiger partial charge in [0.25, 0.3) is 0 Å². The maximum absolute atomic E-state index is 12.5. The van der Waals surface area contributed by atoms with Crippen LogP contribution in [-0.4, -0.2) is 36.8 Å². The number of likely N-dealkylation sites (N-methyl/N-ethyl adjacent to an activating group) is 1. The molecule has 122 valence electrons. The molecule has 0 spiro atoms. The van der Waals surface area contributed by atoms with Crippen molar-refractivity contribution in [3.8, 4) is 17.2 Å². The van der Waals surface area contributed by atoms with E-state index < -0.39 is 12.2 Å². The Bertz CT molecular complexity index is 573. The number of carbonyl (C=O) groups excluding carboxylic acids is 1. The minimum atomic E-state index is -2.98. The number of hydrogen-bond acceptors (Lipinski definition) is 5. The van der Waals surface area contributed by atoms with Crippen LogP contribution >= 0.6 is 0 Å². The molecule has 1 aromatic carbocycles. The van der Waals surface area contributed by atoms with Crippen molar-refractivity contribution in [2.45, 2.75) is 32.5 Å². The molecule has 0 saturated carbocycles. The van der Waals surface area contributed by atoms with E-state index >= 15 is 0 Å². The average molecular weight is 316 g/mol. The molecule has 2 rings (SSSR count). The number of rotatable bonds is 5. The Kier molecular flexibility index (Phi) is 4.41. The van der Waals surface area contributed by atoms with Crippen LogP contribution in [-0.2, 0) is 11.3 Å². The number of carbonyl (C=O) groups is 1. The lowest BCUT2D eigenvalue weighted by Gasteiger charge is -2.26. The smallest absolute Gasteiger partial charge is 0.387 e. The maximum Gasteiger partial charge on any atom is 0.387 e. The number of amides is 1. The van der Waals surface area contributed by atoms with Crippen LogP contribution < -0.4 is 19.9 Å². The van der Waals surface area contributed by atoms with E-state index in [0.29, 0.717) is 17.1 Å². The van der Waals surface area contributed by atoms with Gasteiger partial charge in [0, 0.05) is 25.2 Å². The summed E-state index contributed by atoms with van der Waals surface area (Å²) in [5.74, 6) is 0.360. The van der Waals surface area contributed by atoms with Crippen LogP contribution in [0.5, 0.6) is 17.2 Å². The lowest BCUT2D eigenvalue weighted by atomic mass is 10.0. The maximum atomic E-state index is 12.5. The van der Waals surface area contributed by atoms with Crippen molar-refractivity contribution in [2.75, 3.05) is 13.8 Å². The molecule has 0 unspecified atom stereocenters. The number of benzene rings is 1. The molecule has 0 saturated heterocycles. The molecule has 1 amide bonds. The third-order valence-electron chi connectivity index (χ3n) is 3.08. The zero-order valence-electron chi connectivity index (χ0n) is 12.6. The Labute approximate surface area is 126 Å². The first-order chi connectivity index (χ1) is 10.2. The number of ether oxygens (including phenoxy) is 3. The molecule has 6 nitrogen and oxygen atoms in total. The molecule has 2 N–H and O–H groups in total. The lowest BCUT2D eigenvalue weighted by Crippen LogP contribution is -2.49. The Morgan fingerprint density at radius 3 is 2.55 bits per heavy atom. The van der Waals surface area contributed by atoms with E-state index in [4.69, 9.17) is 15.2 Å². The quantitative estimate of drug-likeness (QED) is 0.895. The highest BCUT2D eigenvalue weighted by molar-refractivity contribution is 5.85. The molecule has 1 aliphatic rings. The molecule has 0 atom stereocenters. The average Bonchev–Trinajstić information content (AvgIpc) is 2.83. The molecule has 1 heterocycles. The molecule has 0 aromatic heterocycles. The first-order valence-corrected chi connectivity index (χ1v) is 6.60. The Balaban J connectivity index is 2.27. The van der Waals surface area contributed by atoms with Crippen LogP contribution in [0.25, 0.3) is 0 Å². The van der Waals surface area contributed by atoms with Gasteiger partial charge in [0.05, 0.1) is 5.54 Å². The van der Waals surface area contributed by atoms with Crippen molar-refractivity contribution < 1.29 is 27.8 Å².